The molecule has 0 bridgehead atoms. The van der Waals surface area contributed by atoms with Gasteiger partial charge < -0.3 is 14.0 Å². The van der Waals surface area contributed by atoms with Crippen LogP contribution in [0.25, 0.3) is 5.69 Å². The molecular formula is C20H22ClNO4. The van der Waals surface area contributed by atoms with Gasteiger partial charge in [0.05, 0.1) is 0 Å². The van der Waals surface area contributed by atoms with Crippen molar-refractivity contribution in [2.75, 3.05) is 6.61 Å². The molecule has 0 amide bonds. The Morgan fingerprint density at radius 2 is 1.96 bits per heavy atom. The van der Waals surface area contributed by atoms with Crippen molar-refractivity contribution in [1.29, 1.82) is 0 Å². The third-order valence-corrected chi connectivity index (χ3v) is 4.89. The molecule has 0 radical (unpaired) electrons. The first-order chi connectivity index (χ1) is 12.4. The highest BCUT2D eigenvalue weighted by Crippen LogP contribution is 2.24. The summed E-state index contributed by atoms with van der Waals surface area (Å²) in [7, 11) is 0. The van der Waals surface area contributed by atoms with Gasteiger partial charge in [0.15, 0.2) is 12.2 Å². The van der Waals surface area contributed by atoms with Crippen molar-refractivity contribution < 1.29 is 19.1 Å². The molecule has 0 saturated carbocycles. The molecule has 26 heavy (non-hydrogen) atoms. The Bertz CT molecular complexity index is 819. The number of ether oxygens (including phenoxy) is 2. The fourth-order valence-corrected chi connectivity index (χ4v) is 3.41. The summed E-state index contributed by atoms with van der Waals surface area (Å²) in [6.45, 7) is 5.97. The minimum absolute atomic E-state index is 0.218. The van der Waals surface area contributed by atoms with Gasteiger partial charge in [0.1, 0.15) is 0 Å². The Morgan fingerprint density at radius 1 is 1.27 bits per heavy atom. The maximum Gasteiger partial charge on any atom is 0.335 e. The molecule has 1 aromatic heterocycles. The van der Waals surface area contributed by atoms with Crippen LogP contribution in [0, 0.1) is 13.8 Å². The number of benzene rings is 1. The number of esters is 1. The molecular weight excluding hydrogens is 354 g/mol. The summed E-state index contributed by atoms with van der Waals surface area (Å²) in [5.41, 5.74) is 3.19. The molecule has 2 atom stereocenters. The van der Waals surface area contributed by atoms with Crippen LogP contribution >= 0.6 is 11.6 Å². The Hall–Kier alpha value is -2.11. The van der Waals surface area contributed by atoms with Gasteiger partial charge >= 0.3 is 5.97 Å². The van der Waals surface area contributed by atoms with Crippen molar-refractivity contribution in [2.24, 2.45) is 0 Å². The lowest BCUT2D eigenvalue weighted by atomic mass is 10.1. The fourth-order valence-electron chi connectivity index (χ4n) is 3.29. The molecule has 3 rings (SSSR count). The van der Waals surface area contributed by atoms with E-state index >= 15 is 0 Å². The SMILES string of the molecule is Cc1cc(C(=O)C(C)OC(=O)C2CCCO2)c(C)n1-c1ccc(Cl)cc1. The number of aromatic nitrogens is 1. The number of hydrogen-bond donors (Lipinski definition) is 0. The predicted molar refractivity (Wildman–Crippen MR) is 99.1 cm³/mol. The molecule has 0 N–H and O–H groups in total. The third-order valence-electron chi connectivity index (χ3n) is 4.64. The molecule has 1 saturated heterocycles. The van der Waals surface area contributed by atoms with Crippen LogP contribution in [-0.4, -0.2) is 35.1 Å². The van der Waals surface area contributed by atoms with Crippen LogP contribution in [-0.2, 0) is 14.3 Å². The summed E-state index contributed by atoms with van der Waals surface area (Å²) in [6.07, 6.45) is 0.0763. The number of carbonyl (C=O) groups is 2. The molecule has 2 heterocycles. The van der Waals surface area contributed by atoms with Crippen LogP contribution in [0.3, 0.4) is 0 Å². The highest BCUT2D eigenvalue weighted by Gasteiger charge is 2.30. The van der Waals surface area contributed by atoms with Crippen molar-refractivity contribution in [2.45, 2.75) is 45.8 Å². The fraction of sp³-hybridized carbons (Fsp3) is 0.400. The first kappa shape index (κ1) is 18.7. The average molecular weight is 376 g/mol. The normalized spacial score (nSPS) is 17.9. The molecule has 1 fully saturated rings. The third kappa shape index (κ3) is 3.69. The largest absolute Gasteiger partial charge is 0.452 e. The summed E-state index contributed by atoms with van der Waals surface area (Å²) in [4.78, 5) is 24.9. The molecule has 1 aromatic carbocycles. The molecule has 2 unspecified atom stereocenters. The molecule has 2 aromatic rings. The Morgan fingerprint density at radius 3 is 2.58 bits per heavy atom. The summed E-state index contributed by atoms with van der Waals surface area (Å²) in [5, 5.41) is 0.655. The first-order valence-corrected chi connectivity index (χ1v) is 9.07. The Balaban J connectivity index is 1.80. The van der Waals surface area contributed by atoms with E-state index in [9.17, 15) is 9.59 Å². The van der Waals surface area contributed by atoms with Crippen LogP contribution in [0.2, 0.25) is 5.02 Å². The van der Waals surface area contributed by atoms with Gasteiger partial charge in [0.25, 0.3) is 0 Å². The maximum absolute atomic E-state index is 12.8. The van der Waals surface area contributed by atoms with Crippen LogP contribution in [0.4, 0.5) is 0 Å². The molecule has 138 valence electrons. The summed E-state index contributed by atoms with van der Waals surface area (Å²) >= 11 is 5.96. The van der Waals surface area contributed by atoms with Crippen LogP contribution < -0.4 is 0 Å². The Kier molecular flexibility index (Phi) is 5.49. The Labute approximate surface area is 157 Å². The summed E-state index contributed by atoms with van der Waals surface area (Å²) < 4.78 is 12.6. The summed E-state index contributed by atoms with van der Waals surface area (Å²) in [5.74, 6) is -0.681. The number of carbonyl (C=O) groups excluding carboxylic acids is 2. The number of ketones is 1. The van der Waals surface area contributed by atoms with Gasteiger partial charge in [-0.1, -0.05) is 11.6 Å². The molecule has 6 heteroatoms. The zero-order valence-electron chi connectivity index (χ0n) is 15.1. The van der Waals surface area contributed by atoms with E-state index in [4.69, 9.17) is 21.1 Å². The van der Waals surface area contributed by atoms with E-state index in [1.165, 1.54) is 0 Å². The second kappa shape index (κ2) is 7.64. The number of rotatable bonds is 5. The van der Waals surface area contributed by atoms with E-state index < -0.39 is 18.2 Å². The van der Waals surface area contributed by atoms with Crippen molar-refractivity contribution >= 4 is 23.4 Å². The molecule has 0 aliphatic carbocycles. The van der Waals surface area contributed by atoms with E-state index in [0.717, 1.165) is 23.5 Å². The van der Waals surface area contributed by atoms with Crippen LogP contribution in [0.1, 0.15) is 41.5 Å². The number of hydrogen-bond acceptors (Lipinski definition) is 4. The van der Waals surface area contributed by atoms with E-state index in [2.05, 4.69) is 0 Å². The zero-order valence-corrected chi connectivity index (χ0v) is 15.9. The minimum Gasteiger partial charge on any atom is -0.452 e. The van der Waals surface area contributed by atoms with Crippen molar-refractivity contribution in [3.8, 4) is 5.69 Å². The smallest absolute Gasteiger partial charge is 0.335 e. The lowest BCUT2D eigenvalue weighted by Crippen LogP contribution is -2.30. The number of nitrogens with zero attached hydrogens (tertiary/aromatic N) is 1. The molecule has 1 aliphatic heterocycles. The number of Topliss-reactive ketones (excluding diaryl/α,β-unsaturated/α-hetero) is 1. The van der Waals surface area contributed by atoms with E-state index in [-0.39, 0.29) is 5.78 Å². The molecule has 1 aliphatic rings. The van der Waals surface area contributed by atoms with Gasteiger partial charge in [-0.15, -0.1) is 0 Å². The van der Waals surface area contributed by atoms with Crippen molar-refractivity contribution in [1.82, 2.24) is 4.57 Å². The van der Waals surface area contributed by atoms with Crippen LogP contribution in [0.5, 0.6) is 0 Å². The van der Waals surface area contributed by atoms with Gasteiger partial charge in [0.2, 0.25) is 5.78 Å². The zero-order chi connectivity index (χ0) is 18.8. The van der Waals surface area contributed by atoms with E-state index in [1.54, 1.807) is 6.92 Å². The lowest BCUT2D eigenvalue weighted by Gasteiger charge is -2.15. The van der Waals surface area contributed by atoms with Crippen molar-refractivity contribution in [3.05, 3.63) is 52.3 Å². The monoisotopic (exact) mass is 375 g/mol. The van der Waals surface area contributed by atoms with Crippen molar-refractivity contribution in [3.63, 3.8) is 0 Å². The van der Waals surface area contributed by atoms with Gasteiger partial charge in [-0.05, 0) is 63.9 Å². The quantitative estimate of drug-likeness (QED) is 0.584. The molecule has 5 nitrogen and oxygen atoms in total. The second-order valence-corrected chi connectivity index (χ2v) is 6.98. The number of aryl methyl sites for hydroxylation is 1. The minimum atomic E-state index is -0.856. The topological polar surface area (TPSA) is 57.5 Å². The van der Waals surface area contributed by atoms with Gasteiger partial charge in [-0.25, -0.2) is 4.79 Å². The van der Waals surface area contributed by atoms with Crippen LogP contribution in [0.15, 0.2) is 30.3 Å². The molecule has 0 spiro atoms. The van der Waals surface area contributed by atoms with Gasteiger partial charge in [-0.2, -0.15) is 0 Å². The highest BCUT2D eigenvalue weighted by atomic mass is 35.5. The lowest BCUT2D eigenvalue weighted by molar-refractivity contribution is -0.156. The second-order valence-electron chi connectivity index (χ2n) is 6.54. The van der Waals surface area contributed by atoms with Gasteiger partial charge in [-0.3, -0.25) is 4.79 Å². The average Bonchev–Trinajstić information content (AvgIpc) is 3.24. The van der Waals surface area contributed by atoms with E-state index in [1.807, 2.05) is 48.7 Å². The highest BCUT2D eigenvalue weighted by molar-refractivity contribution is 6.30. The summed E-state index contributed by atoms with van der Waals surface area (Å²) in [6, 6.07) is 9.24. The standard InChI is InChI=1S/C20H22ClNO4/c1-12-11-17(13(2)22(12)16-8-6-15(21)7-9-16)19(23)14(3)26-20(24)18-5-4-10-25-18/h6-9,11,14,18H,4-5,10H2,1-3H3. The number of halogens is 1. The van der Waals surface area contributed by atoms with Gasteiger partial charge in [0, 0.05) is 34.3 Å². The maximum atomic E-state index is 12.8. The first-order valence-electron chi connectivity index (χ1n) is 8.69. The predicted octanol–water partition coefficient (Wildman–Crippen LogP) is 4.04. The van der Waals surface area contributed by atoms with E-state index in [0.29, 0.717) is 23.6 Å².